The smallest absolute Gasteiger partial charge is 0.338 e. The number of nitrogens with one attached hydrogen (secondary N) is 1. The average molecular weight is 466 g/mol. The van der Waals surface area contributed by atoms with E-state index in [4.69, 9.17) is 0 Å². The number of amides is 1. The van der Waals surface area contributed by atoms with E-state index in [0.29, 0.717) is 5.69 Å². The second-order valence-electron chi connectivity index (χ2n) is 4.11. The van der Waals surface area contributed by atoms with E-state index in [1.807, 2.05) is 12.1 Å². The molecule has 0 heterocycles. The second kappa shape index (κ2) is 8.93. The molecule has 1 amide bonds. The lowest BCUT2D eigenvalue weighted by Gasteiger charge is -2.02. The molecule has 0 saturated heterocycles. The van der Waals surface area contributed by atoms with Gasteiger partial charge < -0.3 is 10.1 Å². The highest BCUT2D eigenvalue weighted by Crippen LogP contribution is 2.11. The summed E-state index contributed by atoms with van der Waals surface area (Å²) in [4.78, 5) is 34.0. The monoisotopic (exact) mass is 465 g/mol. The Hall–Kier alpha value is -1.22. The molecule has 1 atom stereocenters. The molecule has 0 fully saturated rings. The van der Waals surface area contributed by atoms with Crippen molar-refractivity contribution in [2.45, 2.75) is 18.2 Å². The number of rotatable bonds is 5. The largest absolute Gasteiger partial charge is 0.390 e. The van der Waals surface area contributed by atoms with Gasteiger partial charge in [-0.25, -0.2) is 4.79 Å². The van der Waals surface area contributed by atoms with Crippen LogP contribution in [-0.2, 0) is 19.1 Å². The first-order chi connectivity index (χ1) is 9.86. The molecule has 0 spiro atoms. The topological polar surface area (TPSA) is 72.5 Å². The number of carbonyl (C=O) groups is 3. The van der Waals surface area contributed by atoms with E-state index < -0.39 is 17.8 Å². The maximum absolute atomic E-state index is 11.6. The van der Waals surface area contributed by atoms with Crippen molar-refractivity contribution in [3.63, 3.8) is 0 Å². The minimum absolute atomic E-state index is 0.0778. The van der Waals surface area contributed by atoms with Gasteiger partial charge in [-0.1, -0.05) is 22.9 Å². The molecular formula is C14H13BrINO4. The summed E-state index contributed by atoms with van der Waals surface area (Å²) in [6.45, 7) is 1.76. The minimum Gasteiger partial charge on any atom is -0.390 e. The summed E-state index contributed by atoms with van der Waals surface area (Å²) in [6, 6.07) is 7.17. The third-order valence-electron chi connectivity index (χ3n) is 2.14. The van der Waals surface area contributed by atoms with Crippen molar-refractivity contribution in [2.75, 3.05) is 5.32 Å². The number of anilines is 1. The maximum atomic E-state index is 11.6. The van der Waals surface area contributed by atoms with Crippen LogP contribution in [0.15, 0.2) is 36.4 Å². The molecule has 1 unspecified atom stereocenters. The fraction of sp³-hybridized carbons (Fsp3) is 0.214. The summed E-state index contributed by atoms with van der Waals surface area (Å²) in [5.74, 6) is -1.99. The van der Waals surface area contributed by atoms with E-state index in [1.54, 1.807) is 19.1 Å². The highest BCUT2D eigenvalue weighted by Gasteiger charge is 2.11. The molecule has 0 radical (unpaired) electrons. The third-order valence-corrected chi connectivity index (χ3v) is 3.19. The quantitative estimate of drug-likeness (QED) is 0.238. The zero-order valence-electron chi connectivity index (χ0n) is 11.1. The van der Waals surface area contributed by atoms with Crippen LogP contribution in [0.4, 0.5) is 5.69 Å². The van der Waals surface area contributed by atoms with Crippen LogP contribution in [0.2, 0.25) is 0 Å². The number of ether oxygens (including phenoxy) is 1. The molecule has 7 heteroatoms. The van der Waals surface area contributed by atoms with Crippen LogP contribution in [0.3, 0.4) is 0 Å². The lowest BCUT2D eigenvalue weighted by atomic mass is 10.3. The van der Waals surface area contributed by atoms with Crippen molar-refractivity contribution in [3.05, 3.63) is 40.0 Å². The molecule has 0 bridgehead atoms. The van der Waals surface area contributed by atoms with Gasteiger partial charge in [-0.15, -0.1) is 0 Å². The SMILES string of the molecule is CC(Br)CC(=O)OC(=O)/C=C\C(=O)Nc1ccc(I)cc1. The van der Waals surface area contributed by atoms with Crippen molar-refractivity contribution in [3.8, 4) is 0 Å². The molecule has 1 rings (SSSR count). The first-order valence-corrected chi connectivity index (χ1v) is 7.99. The predicted octanol–water partition coefficient (Wildman–Crippen LogP) is 3.03. The average Bonchev–Trinajstić information content (AvgIpc) is 2.38. The Labute approximate surface area is 144 Å². The van der Waals surface area contributed by atoms with Crippen LogP contribution in [0.1, 0.15) is 13.3 Å². The Morgan fingerprint density at radius 1 is 1.29 bits per heavy atom. The number of esters is 2. The highest BCUT2D eigenvalue weighted by molar-refractivity contribution is 14.1. The number of benzene rings is 1. The van der Waals surface area contributed by atoms with E-state index in [9.17, 15) is 14.4 Å². The summed E-state index contributed by atoms with van der Waals surface area (Å²) in [5.41, 5.74) is 0.614. The van der Waals surface area contributed by atoms with E-state index in [1.165, 1.54) is 0 Å². The summed E-state index contributed by atoms with van der Waals surface area (Å²) in [5, 5.41) is 2.58. The summed E-state index contributed by atoms with van der Waals surface area (Å²) in [6.07, 6.45) is 2.01. The Morgan fingerprint density at radius 3 is 2.48 bits per heavy atom. The molecule has 0 saturated carbocycles. The molecule has 1 N–H and O–H groups in total. The summed E-state index contributed by atoms with van der Waals surface area (Å²) in [7, 11) is 0. The molecule has 0 aliphatic rings. The molecule has 21 heavy (non-hydrogen) atoms. The number of hydrogen-bond donors (Lipinski definition) is 1. The van der Waals surface area contributed by atoms with Crippen molar-refractivity contribution in [1.29, 1.82) is 0 Å². The Kier molecular flexibility index (Phi) is 7.58. The van der Waals surface area contributed by atoms with Gasteiger partial charge in [-0.05, 0) is 46.9 Å². The van der Waals surface area contributed by atoms with E-state index in [2.05, 4.69) is 48.6 Å². The lowest BCUT2D eigenvalue weighted by molar-refractivity contribution is -0.156. The first kappa shape index (κ1) is 17.8. The zero-order valence-corrected chi connectivity index (χ0v) is 14.9. The molecule has 0 aliphatic carbocycles. The standard InChI is InChI=1S/C14H13BrINO4/c1-9(15)8-14(20)21-13(19)7-6-12(18)17-11-4-2-10(16)3-5-11/h2-7,9H,8H2,1H3,(H,17,18)/b7-6-. The maximum Gasteiger partial charge on any atom is 0.338 e. The van der Waals surface area contributed by atoms with Gasteiger partial charge in [0.05, 0.1) is 6.42 Å². The molecule has 5 nitrogen and oxygen atoms in total. The van der Waals surface area contributed by atoms with Crippen LogP contribution in [0.25, 0.3) is 0 Å². The van der Waals surface area contributed by atoms with Gasteiger partial charge in [0, 0.05) is 26.2 Å². The molecule has 1 aromatic rings. The van der Waals surface area contributed by atoms with Gasteiger partial charge in [-0.2, -0.15) is 0 Å². The van der Waals surface area contributed by atoms with Crippen LogP contribution in [0, 0.1) is 3.57 Å². The first-order valence-electron chi connectivity index (χ1n) is 6.00. The van der Waals surface area contributed by atoms with E-state index in [-0.39, 0.29) is 11.2 Å². The number of halogens is 2. The second-order valence-corrected chi connectivity index (χ2v) is 6.92. The Balaban J connectivity index is 2.44. The Bertz CT molecular complexity index is 555. The van der Waals surface area contributed by atoms with Crippen molar-refractivity contribution in [2.24, 2.45) is 0 Å². The van der Waals surface area contributed by atoms with Crippen LogP contribution < -0.4 is 5.32 Å². The third kappa shape index (κ3) is 7.96. The van der Waals surface area contributed by atoms with Crippen LogP contribution in [0.5, 0.6) is 0 Å². The van der Waals surface area contributed by atoms with Crippen molar-refractivity contribution in [1.82, 2.24) is 0 Å². The van der Waals surface area contributed by atoms with E-state index >= 15 is 0 Å². The van der Waals surface area contributed by atoms with Gasteiger partial charge in [0.15, 0.2) is 0 Å². The Morgan fingerprint density at radius 2 is 1.90 bits per heavy atom. The van der Waals surface area contributed by atoms with Gasteiger partial charge in [-0.3, -0.25) is 9.59 Å². The molecule has 112 valence electrons. The lowest BCUT2D eigenvalue weighted by Crippen LogP contribution is -2.14. The van der Waals surface area contributed by atoms with Gasteiger partial charge in [0.1, 0.15) is 0 Å². The molecule has 0 aliphatic heterocycles. The van der Waals surface area contributed by atoms with Crippen LogP contribution in [-0.4, -0.2) is 22.7 Å². The number of carbonyl (C=O) groups excluding carboxylic acids is 3. The summed E-state index contributed by atoms with van der Waals surface area (Å²) < 4.78 is 5.55. The van der Waals surface area contributed by atoms with Crippen molar-refractivity contribution >= 4 is 62.1 Å². The number of hydrogen-bond acceptors (Lipinski definition) is 4. The van der Waals surface area contributed by atoms with Crippen molar-refractivity contribution < 1.29 is 19.1 Å². The predicted molar refractivity (Wildman–Crippen MR) is 91.0 cm³/mol. The molecular weight excluding hydrogens is 453 g/mol. The number of alkyl halides is 1. The van der Waals surface area contributed by atoms with Crippen LogP contribution >= 0.6 is 38.5 Å². The molecule has 1 aromatic carbocycles. The van der Waals surface area contributed by atoms with E-state index in [0.717, 1.165) is 15.7 Å². The summed E-state index contributed by atoms with van der Waals surface area (Å²) >= 11 is 5.33. The highest BCUT2D eigenvalue weighted by atomic mass is 127. The van der Waals surface area contributed by atoms with Gasteiger partial charge in [0.25, 0.3) is 0 Å². The fourth-order valence-corrected chi connectivity index (χ4v) is 1.90. The zero-order chi connectivity index (χ0) is 15.8. The minimum atomic E-state index is -0.870. The van der Waals surface area contributed by atoms with Gasteiger partial charge >= 0.3 is 11.9 Å². The fourth-order valence-electron chi connectivity index (χ4n) is 1.28. The van der Waals surface area contributed by atoms with Gasteiger partial charge in [0.2, 0.25) is 5.91 Å². The normalized spacial score (nSPS) is 12.0. The molecule has 0 aromatic heterocycles.